The van der Waals surface area contributed by atoms with Crippen LogP contribution in [0.1, 0.15) is 26.2 Å². The van der Waals surface area contributed by atoms with E-state index >= 15 is 0 Å². The maximum atomic E-state index is 11.0. The first kappa shape index (κ1) is 7.86. The second kappa shape index (κ2) is 2.79. The third-order valence-corrected chi connectivity index (χ3v) is 2.24. The number of alkyl halides is 1. The highest BCUT2D eigenvalue weighted by molar-refractivity contribution is 6.17. The number of carbonyl (C=O) groups is 1. The number of carbonyl (C=O) groups excluding carboxylic acids is 1. The minimum Gasteiger partial charge on any atom is -0.449 e. The first-order valence-electron chi connectivity index (χ1n) is 3.42. The van der Waals surface area contributed by atoms with E-state index in [1.165, 1.54) is 0 Å². The van der Waals surface area contributed by atoms with Crippen molar-refractivity contribution in [2.75, 3.05) is 6.07 Å². The second-order valence-electron chi connectivity index (χ2n) is 2.96. The Bertz CT molecular complexity index is 141. The predicted octanol–water partition coefficient (Wildman–Crippen LogP) is 1.92. The van der Waals surface area contributed by atoms with Crippen molar-refractivity contribution in [2.24, 2.45) is 5.41 Å². The van der Waals surface area contributed by atoms with Gasteiger partial charge in [-0.3, -0.25) is 4.79 Å². The summed E-state index contributed by atoms with van der Waals surface area (Å²) < 4.78 is 4.68. The number of halogens is 1. The van der Waals surface area contributed by atoms with E-state index < -0.39 is 0 Å². The molecule has 1 saturated carbocycles. The van der Waals surface area contributed by atoms with Gasteiger partial charge in [0.2, 0.25) is 0 Å². The highest BCUT2D eigenvalue weighted by atomic mass is 35.5. The molecular weight excluding hydrogens is 152 g/mol. The highest BCUT2D eigenvalue weighted by Crippen LogP contribution is 2.41. The number of hydrogen-bond acceptors (Lipinski definition) is 2. The summed E-state index contributed by atoms with van der Waals surface area (Å²) >= 11 is 5.24. The summed E-state index contributed by atoms with van der Waals surface area (Å²) in [4.78, 5) is 11.0. The van der Waals surface area contributed by atoms with E-state index in [9.17, 15) is 4.79 Å². The van der Waals surface area contributed by atoms with Gasteiger partial charge in [-0.1, -0.05) is 18.0 Å². The molecule has 0 heterocycles. The van der Waals surface area contributed by atoms with Gasteiger partial charge in [0, 0.05) is 0 Å². The molecule has 0 N–H and O–H groups in total. The number of rotatable bonds is 2. The zero-order valence-corrected chi connectivity index (χ0v) is 6.78. The summed E-state index contributed by atoms with van der Waals surface area (Å²) in [6, 6.07) is -0.0194. The fraction of sp³-hybridized carbons (Fsp3) is 0.857. The minimum absolute atomic E-state index is 0.0194. The first-order valence-corrected chi connectivity index (χ1v) is 3.96. The van der Waals surface area contributed by atoms with Crippen LogP contribution < -0.4 is 0 Å². The third-order valence-electron chi connectivity index (χ3n) is 2.14. The van der Waals surface area contributed by atoms with E-state index in [2.05, 4.69) is 4.74 Å². The van der Waals surface area contributed by atoms with Crippen molar-refractivity contribution < 1.29 is 9.53 Å². The molecule has 1 aliphatic carbocycles. The van der Waals surface area contributed by atoms with Crippen LogP contribution in [0.25, 0.3) is 0 Å². The van der Waals surface area contributed by atoms with Gasteiger partial charge in [0.15, 0.2) is 6.07 Å². The molecule has 0 aromatic carbocycles. The van der Waals surface area contributed by atoms with Crippen molar-refractivity contribution >= 4 is 17.6 Å². The molecule has 58 valence electrons. The van der Waals surface area contributed by atoms with Gasteiger partial charge >= 0.3 is 5.97 Å². The van der Waals surface area contributed by atoms with Crippen LogP contribution in [0.15, 0.2) is 0 Å². The summed E-state index contributed by atoms with van der Waals surface area (Å²) in [5, 5.41) is 0. The standard InChI is InChI=1S/C7H11ClO2/c1-7(3-2-4-7)6(9)10-5-8/h2-5H2,1H3. The average Bonchev–Trinajstić information content (AvgIpc) is 1.83. The Morgan fingerprint density at radius 3 is 2.60 bits per heavy atom. The first-order chi connectivity index (χ1) is 4.69. The lowest BCUT2D eigenvalue weighted by Gasteiger charge is -2.34. The Kier molecular flexibility index (Phi) is 2.19. The van der Waals surface area contributed by atoms with Crippen molar-refractivity contribution in [1.29, 1.82) is 0 Å². The van der Waals surface area contributed by atoms with Gasteiger partial charge in [0.1, 0.15) is 0 Å². The lowest BCUT2D eigenvalue weighted by molar-refractivity contribution is -0.157. The smallest absolute Gasteiger partial charge is 0.312 e. The number of ether oxygens (including phenoxy) is 1. The lowest BCUT2D eigenvalue weighted by atomic mass is 9.70. The Hall–Kier alpha value is -0.240. The highest BCUT2D eigenvalue weighted by Gasteiger charge is 2.40. The van der Waals surface area contributed by atoms with E-state index in [1.807, 2.05) is 6.92 Å². The molecule has 0 unspecified atom stereocenters. The molecule has 0 atom stereocenters. The monoisotopic (exact) mass is 162 g/mol. The van der Waals surface area contributed by atoms with E-state index in [4.69, 9.17) is 11.6 Å². The molecule has 0 radical (unpaired) electrons. The maximum Gasteiger partial charge on any atom is 0.312 e. The maximum absolute atomic E-state index is 11.0. The van der Waals surface area contributed by atoms with Crippen LogP contribution in [-0.4, -0.2) is 12.0 Å². The molecule has 0 aliphatic heterocycles. The normalized spacial score (nSPS) is 21.4. The van der Waals surface area contributed by atoms with Crippen molar-refractivity contribution in [3.05, 3.63) is 0 Å². The Morgan fingerprint density at radius 1 is 1.70 bits per heavy atom. The van der Waals surface area contributed by atoms with E-state index in [-0.39, 0.29) is 17.5 Å². The quantitative estimate of drug-likeness (QED) is 0.458. The van der Waals surface area contributed by atoms with Crippen LogP contribution in [0.2, 0.25) is 0 Å². The zero-order chi connectivity index (χ0) is 7.61. The molecule has 0 amide bonds. The molecule has 0 bridgehead atoms. The predicted molar refractivity (Wildman–Crippen MR) is 38.8 cm³/mol. The van der Waals surface area contributed by atoms with Crippen molar-refractivity contribution in [3.8, 4) is 0 Å². The second-order valence-corrected chi connectivity index (χ2v) is 3.17. The summed E-state index contributed by atoms with van der Waals surface area (Å²) in [7, 11) is 0. The van der Waals surface area contributed by atoms with Crippen LogP contribution in [-0.2, 0) is 9.53 Å². The molecule has 0 spiro atoms. The molecule has 2 nitrogen and oxygen atoms in total. The molecule has 1 rings (SSSR count). The van der Waals surface area contributed by atoms with Gasteiger partial charge in [-0.15, -0.1) is 0 Å². The Morgan fingerprint density at radius 2 is 2.30 bits per heavy atom. The molecule has 0 saturated heterocycles. The summed E-state index contributed by atoms with van der Waals surface area (Å²) in [6.45, 7) is 1.92. The van der Waals surface area contributed by atoms with Gasteiger partial charge < -0.3 is 4.74 Å². The largest absolute Gasteiger partial charge is 0.449 e. The minimum atomic E-state index is -0.213. The fourth-order valence-corrected chi connectivity index (χ4v) is 1.23. The van der Waals surface area contributed by atoms with Crippen LogP contribution >= 0.6 is 11.6 Å². The summed E-state index contributed by atoms with van der Waals surface area (Å²) in [6.07, 6.45) is 3.03. The molecule has 1 aliphatic rings. The van der Waals surface area contributed by atoms with Gasteiger partial charge in [0.05, 0.1) is 5.41 Å². The van der Waals surface area contributed by atoms with Gasteiger partial charge in [-0.05, 0) is 19.8 Å². The van der Waals surface area contributed by atoms with E-state index in [0.717, 1.165) is 19.3 Å². The summed E-state index contributed by atoms with van der Waals surface area (Å²) in [5.41, 5.74) is -0.213. The number of hydrogen-bond donors (Lipinski definition) is 0. The van der Waals surface area contributed by atoms with E-state index in [1.54, 1.807) is 0 Å². The van der Waals surface area contributed by atoms with Gasteiger partial charge in [-0.2, -0.15) is 0 Å². The topological polar surface area (TPSA) is 26.3 Å². The fourth-order valence-electron chi connectivity index (χ4n) is 1.14. The van der Waals surface area contributed by atoms with Crippen molar-refractivity contribution in [1.82, 2.24) is 0 Å². The summed E-state index contributed by atoms with van der Waals surface area (Å²) in [5.74, 6) is -0.145. The van der Waals surface area contributed by atoms with Crippen molar-refractivity contribution in [2.45, 2.75) is 26.2 Å². The van der Waals surface area contributed by atoms with Crippen LogP contribution in [0.5, 0.6) is 0 Å². The molecule has 0 aromatic rings. The Balaban J connectivity index is 2.39. The van der Waals surface area contributed by atoms with Crippen LogP contribution in [0.3, 0.4) is 0 Å². The zero-order valence-electron chi connectivity index (χ0n) is 6.02. The molecular formula is C7H11ClO2. The van der Waals surface area contributed by atoms with Crippen molar-refractivity contribution in [3.63, 3.8) is 0 Å². The number of esters is 1. The van der Waals surface area contributed by atoms with Gasteiger partial charge in [-0.25, -0.2) is 0 Å². The third kappa shape index (κ3) is 1.26. The molecule has 10 heavy (non-hydrogen) atoms. The molecule has 1 fully saturated rings. The Labute approximate surface area is 65.5 Å². The molecule has 0 aromatic heterocycles. The average molecular weight is 163 g/mol. The molecule has 3 heteroatoms. The van der Waals surface area contributed by atoms with Crippen LogP contribution in [0.4, 0.5) is 0 Å². The lowest BCUT2D eigenvalue weighted by Crippen LogP contribution is -2.36. The van der Waals surface area contributed by atoms with Gasteiger partial charge in [0.25, 0.3) is 0 Å². The SMILES string of the molecule is CC1(C(=O)OCCl)CCC1. The van der Waals surface area contributed by atoms with Crippen LogP contribution in [0, 0.1) is 5.41 Å². The van der Waals surface area contributed by atoms with E-state index in [0.29, 0.717) is 0 Å².